The maximum Gasteiger partial charge on any atom is 0.124 e. The van der Waals surface area contributed by atoms with Crippen molar-refractivity contribution in [3.05, 3.63) is 58.9 Å². The number of fused-ring (bicyclic) bond motifs is 1. The molecule has 2 aromatic rings. The van der Waals surface area contributed by atoms with Crippen LogP contribution >= 0.6 is 0 Å². The Morgan fingerprint density at radius 2 is 2.04 bits per heavy atom. The van der Waals surface area contributed by atoms with Gasteiger partial charge in [-0.15, -0.1) is 0 Å². The molecule has 1 heterocycles. The maximum absolute atomic E-state index is 9.43. The summed E-state index contributed by atoms with van der Waals surface area (Å²) >= 11 is 0. The fraction of sp³-hybridized carbons (Fsp3) is 0.450. The summed E-state index contributed by atoms with van der Waals surface area (Å²) in [5.74, 6) is 0.993. The van der Waals surface area contributed by atoms with E-state index in [1.165, 1.54) is 23.1 Å². The van der Waals surface area contributed by atoms with Gasteiger partial charge in [-0.05, 0) is 55.0 Å². The number of hydrogen-bond donors (Lipinski definition) is 1. The average Bonchev–Trinajstić information content (AvgIpc) is 3.04. The molecule has 0 radical (unpaired) electrons. The Morgan fingerprint density at radius 3 is 2.75 bits per heavy atom. The Hall–Kier alpha value is -1.91. The molecule has 3 rings (SSSR count). The molecule has 0 bridgehead atoms. The zero-order valence-corrected chi connectivity index (χ0v) is 14.4. The van der Waals surface area contributed by atoms with Crippen LogP contribution in [0.1, 0.15) is 35.6 Å². The Balaban J connectivity index is 1.80. The molecule has 0 amide bonds. The SMILES string of the molecule is CCOc1cc2c(cc1CN(CCO)Cc1cccnc1)CCC2. The number of aromatic nitrogens is 1. The molecular weight excluding hydrogens is 300 g/mol. The monoisotopic (exact) mass is 326 g/mol. The molecule has 0 unspecified atom stereocenters. The Bertz CT molecular complexity index is 658. The van der Waals surface area contributed by atoms with Crippen LogP contribution in [0.25, 0.3) is 0 Å². The van der Waals surface area contributed by atoms with Crippen molar-refractivity contribution in [1.29, 1.82) is 0 Å². The van der Waals surface area contributed by atoms with Gasteiger partial charge in [0.1, 0.15) is 5.75 Å². The molecule has 4 nitrogen and oxygen atoms in total. The molecule has 0 spiro atoms. The van der Waals surface area contributed by atoms with E-state index in [1.54, 1.807) is 6.20 Å². The number of hydrogen-bond acceptors (Lipinski definition) is 4. The average molecular weight is 326 g/mol. The van der Waals surface area contributed by atoms with Gasteiger partial charge in [0.05, 0.1) is 13.2 Å². The van der Waals surface area contributed by atoms with Gasteiger partial charge in [-0.3, -0.25) is 9.88 Å². The normalized spacial score (nSPS) is 13.3. The summed E-state index contributed by atoms with van der Waals surface area (Å²) in [7, 11) is 0. The van der Waals surface area contributed by atoms with Gasteiger partial charge in [-0.1, -0.05) is 12.1 Å². The van der Waals surface area contributed by atoms with Crippen molar-refractivity contribution in [2.24, 2.45) is 0 Å². The number of rotatable bonds is 8. The van der Waals surface area contributed by atoms with E-state index in [2.05, 4.69) is 28.1 Å². The highest BCUT2D eigenvalue weighted by Crippen LogP contribution is 2.31. The molecule has 0 aliphatic heterocycles. The summed E-state index contributed by atoms with van der Waals surface area (Å²) in [4.78, 5) is 6.43. The zero-order chi connectivity index (χ0) is 16.8. The predicted molar refractivity (Wildman–Crippen MR) is 95.1 cm³/mol. The maximum atomic E-state index is 9.43. The van der Waals surface area contributed by atoms with Crippen LogP contribution in [0.4, 0.5) is 0 Å². The van der Waals surface area contributed by atoms with Gasteiger partial charge in [0, 0.05) is 37.6 Å². The molecular formula is C20H26N2O2. The van der Waals surface area contributed by atoms with Gasteiger partial charge in [0.25, 0.3) is 0 Å². The summed E-state index contributed by atoms with van der Waals surface area (Å²) in [6.07, 6.45) is 7.23. The lowest BCUT2D eigenvalue weighted by Gasteiger charge is -2.23. The van der Waals surface area contributed by atoms with Crippen molar-refractivity contribution in [3.8, 4) is 5.75 Å². The lowest BCUT2D eigenvalue weighted by molar-refractivity contribution is 0.182. The van der Waals surface area contributed by atoms with Crippen LogP contribution in [-0.4, -0.2) is 34.7 Å². The summed E-state index contributed by atoms with van der Waals surface area (Å²) in [6, 6.07) is 8.56. The van der Waals surface area contributed by atoms with E-state index < -0.39 is 0 Å². The van der Waals surface area contributed by atoms with Crippen LogP contribution in [0.2, 0.25) is 0 Å². The Kier molecular flexibility index (Phi) is 5.83. The smallest absolute Gasteiger partial charge is 0.124 e. The molecule has 1 aromatic heterocycles. The number of aliphatic hydroxyl groups excluding tert-OH is 1. The second kappa shape index (κ2) is 8.27. The van der Waals surface area contributed by atoms with Crippen molar-refractivity contribution >= 4 is 0 Å². The van der Waals surface area contributed by atoms with E-state index in [0.29, 0.717) is 13.2 Å². The van der Waals surface area contributed by atoms with Crippen molar-refractivity contribution < 1.29 is 9.84 Å². The minimum absolute atomic E-state index is 0.148. The van der Waals surface area contributed by atoms with Crippen molar-refractivity contribution in [2.45, 2.75) is 39.3 Å². The van der Waals surface area contributed by atoms with Crippen molar-refractivity contribution in [3.63, 3.8) is 0 Å². The summed E-state index contributed by atoms with van der Waals surface area (Å²) in [5.41, 5.74) is 5.27. The quantitative estimate of drug-likeness (QED) is 0.810. The van der Waals surface area contributed by atoms with Crippen LogP contribution in [0.5, 0.6) is 5.75 Å². The largest absolute Gasteiger partial charge is 0.494 e. The second-order valence-electron chi connectivity index (χ2n) is 6.31. The van der Waals surface area contributed by atoms with Crippen molar-refractivity contribution in [1.82, 2.24) is 9.88 Å². The zero-order valence-electron chi connectivity index (χ0n) is 14.4. The number of benzene rings is 1. The third-order valence-electron chi connectivity index (χ3n) is 4.51. The first-order valence-electron chi connectivity index (χ1n) is 8.79. The van der Waals surface area contributed by atoms with Crippen molar-refractivity contribution in [2.75, 3.05) is 19.8 Å². The van der Waals surface area contributed by atoms with Crippen LogP contribution in [0.15, 0.2) is 36.7 Å². The van der Waals surface area contributed by atoms with Gasteiger partial charge in [0.15, 0.2) is 0 Å². The molecule has 128 valence electrons. The van der Waals surface area contributed by atoms with Gasteiger partial charge in [-0.2, -0.15) is 0 Å². The molecule has 1 aliphatic carbocycles. The molecule has 4 heteroatoms. The second-order valence-corrected chi connectivity index (χ2v) is 6.31. The van der Waals surface area contributed by atoms with E-state index >= 15 is 0 Å². The molecule has 0 saturated carbocycles. The third-order valence-corrected chi connectivity index (χ3v) is 4.51. The minimum Gasteiger partial charge on any atom is -0.494 e. The number of nitrogens with zero attached hydrogens (tertiary/aromatic N) is 2. The molecule has 1 N–H and O–H groups in total. The van der Waals surface area contributed by atoms with Crippen LogP contribution < -0.4 is 4.74 Å². The van der Waals surface area contributed by atoms with E-state index in [0.717, 1.165) is 37.2 Å². The molecule has 1 aromatic carbocycles. The first-order chi connectivity index (χ1) is 11.8. The van der Waals surface area contributed by atoms with Gasteiger partial charge >= 0.3 is 0 Å². The first kappa shape index (κ1) is 16.9. The molecule has 0 atom stereocenters. The number of pyridine rings is 1. The first-order valence-corrected chi connectivity index (χ1v) is 8.79. The number of ether oxygens (including phenoxy) is 1. The van der Waals surface area contributed by atoms with E-state index in [-0.39, 0.29) is 6.61 Å². The van der Waals surface area contributed by atoms with Crippen LogP contribution in [-0.2, 0) is 25.9 Å². The fourth-order valence-corrected chi connectivity index (χ4v) is 3.41. The third kappa shape index (κ3) is 4.13. The van der Waals surface area contributed by atoms with Gasteiger partial charge in [-0.25, -0.2) is 0 Å². The highest BCUT2D eigenvalue weighted by atomic mass is 16.5. The summed E-state index contributed by atoms with van der Waals surface area (Å²) in [6.45, 7) is 5.04. The van der Waals surface area contributed by atoms with E-state index in [1.807, 2.05) is 19.2 Å². The highest BCUT2D eigenvalue weighted by Gasteiger charge is 2.17. The van der Waals surface area contributed by atoms with Crippen LogP contribution in [0, 0.1) is 0 Å². The van der Waals surface area contributed by atoms with Gasteiger partial charge in [0.2, 0.25) is 0 Å². The Morgan fingerprint density at radius 1 is 1.21 bits per heavy atom. The lowest BCUT2D eigenvalue weighted by Crippen LogP contribution is -2.26. The molecule has 1 aliphatic rings. The topological polar surface area (TPSA) is 45.6 Å². The predicted octanol–water partition coefficient (Wildman–Crippen LogP) is 2.96. The van der Waals surface area contributed by atoms with E-state index in [4.69, 9.17) is 4.74 Å². The molecule has 24 heavy (non-hydrogen) atoms. The molecule has 0 saturated heterocycles. The lowest BCUT2D eigenvalue weighted by atomic mass is 10.0. The highest BCUT2D eigenvalue weighted by molar-refractivity contribution is 5.45. The summed E-state index contributed by atoms with van der Waals surface area (Å²) < 4.78 is 5.89. The standard InChI is InChI=1S/C20H26N2O2/c1-2-24-20-12-18-7-3-6-17(18)11-19(20)15-22(9-10-23)14-16-5-4-8-21-13-16/h4-5,8,11-13,23H,2-3,6-7,9-10,14-15H2,1H3. The van der Waals surface area contributed by atoms with Crippen LogP contribution in [0.3, 0.4) is 0 Å². The number of aliphatic hydroxyl groups is 1. The fourth-order valence-electron chi connectivity index (χ4n) is 3.41. The minimum atomic E-state index is 0.148. The Labute approximate surface area is 144 Å². The number of aryl methyl sites for hydroxylation is 2. The van der Waals surface area contributed by atoms with E-state index in [9.17, 15) is 5.11 Å². The van der Waals surface area contributed by atoms with Gasteiger partial charge < -0.3 is 9.84 Å². The molecule has 0 fully saturated rings. The summed E-state index contributed by atoms with van der Waals surface area (Å²) in [5, 5.41) is 9.43.